The zero-order valence-electron chi connectivity index (χ0n) is 10.7. The van der Waals surface area contributed by atoms with E-state index in [0.29, 0.717) is 0 Å². The van der Waals surface area contributed by atoms with Crippen LogP contribution in [0.1, 0.15) is 25.3 Å². The molecule has 1 aliphatic heterocycles. The molecule has 0 amide bonds. The Bertz CT molecular complexity index is 448. The van der Waals surface area contributed by atoms with Crippen LogP contribution in [0.4, 0.5) is 5.69 Å². The van der Waals surface area contributed by atoms with Gasteiger partial charge in [-0.15, -0.1) is 0 Å². The van der Waals surface area contributed by atoms with Crippen molar-refractivity contribution in [3.63, 3.8) is 0 Å². The lowest BCUT2D eigenvalue weighted by Gasteiger charge is -2.41. The van der Waals surface area contributed by atoms with Crippen LogP contribution in [0.2, 0.25) is 0 Å². The summed E-state index contributed by atoms with van der Waals surface area (Å²) in [6.07, 6.45) is 5.36. The summed E-state index contributed by atoms with van der Waals surface area (Å²) in [5.74, 6) is -0.0828. The van der Waals surface area contributed by atoms with E-state index < -0.39 is 5.97 Å². The van der Waals surface area contributed by atoms with Gasteiger partial charge >= 0.3 is 5.97 Å². The maximum atomic E-state index is 10.5. The van der Waals surface area contributed by atoms with Crippen molar-refractivity contribution >= 4 is 17.7 Å². The van der Waals surface area contributed by atoms with Gasteiger partial charge in [0.25, 0.3) is 0 Å². The monoisotopic (exact) mass is 245 g/mol. The van der Waals surface area contributed by atoms with Crippen molar-refractivity contribution in [2.75, 3.05) is 18.0 Å². The number of carboxylic acids is 1. The Morgan fingerprint density at radius 3 is 2.94 bits per heavy atom. The summed E-state index contributed by atoms with van der Waals surface area (Å²) >= 11 is 0. The predicted octanol–water partition coefficient (Wildman–Crippen LogP) is 3.02. The second-order valence-electron chi connectivity index (χ2n) is 4.83. The molecular weight excluding hydrogens is 226 g/mol. The lowest BCUT2D eigenvalue weighted by atomic mass is 9.94. The number of anilines is 1. The molecule has 1 aliphatic rings. The summed E-state index contributed by atoms with van der Waals surface area (Å²) in [4.78, 5) is 12.8. The van der Waals surface area contributed by atoms with Crippen LogP contribution in [0.3, 0.4) is 0 Å². The highest BCUT2D eigenvalue weighted by Crippen LogP contribution is 2.27. The first-order valence-corrected chi connectivity index (χ1v) is 6.45. The lowest BCUT2D eigenvalue weighted by molar-refractivity contribution is -0.131. The summed E-state index contributed by atoms with van der Waals surface area (Å²) < 4.78 is 0. The smallest absolute Gasteiger partial charge is 0.328 e. The first kappa shape index (κ1) is 12.7. The molecule has 0 aliphatic carbocycles. The number of hydrogen-bond donors (Lipinski definition) is 1. The minimum absolute atomic E-state index is 0.827. The Hall–Kier alpha value is -1.77. The summed E-state index contributed by atoms with van der Waals surface area (Å²) in [6, 6.07) is 8.03. The van der Waals surface area contributed by atoms with E-state index in [1.54, 1.807) is 6.08 Å². The number of benzene rings is 1. The van der Waals surface area contributed by atoms with Crippen molar-refractivity contribution in [3.8, 4) is 0 Å². The Balaban J connectivity index is 1.98. The standard InChI is InChI=1S/C15H19NO2/c1-2-4-13-10-16(11-13)14-6-3-5-12(9-14)7-8-15(17)18/h3,5-9,13H,2,4,10-11H2,1H3,(H,17,18)/b8-7+. The van der Waals surface area contributed by atoms with Crippen molar-refractivity contribution in [2.45, 2.75) is 19.8 Å². The Labute approximate surface area is 108 Å². The van der Waals surface area contributed by atoms with Gasteiger partial charge in [0.1, 0.15) is 0 Å². The van der Waals surface area contributed by atoms with E-state index in [1.165, 1.54) is 24.6 Å². The number of rotatable bonds is 5. The molecule has 3 heteroatoms. The molecule has 1 fully saturated rings. The van der Waals surface area contributed by atoms with Gasteiger partial charge in [-0.1, -0.05) is 25.5 Å². The summed E-state index contributed by atoms with van der Waals surface area (Å²) in [5, 5.41) is 8.61. The molecule has 1 aromatic carbocycles. The van der Waals surface area contributed by atoms with Crippen LogP contribution in [0.5, 0.6) is 0 Å². The Morgan fingerprint density at radius 1 is 1.50 bits per heavy atom. The molecule has 0 spiro atoms. The summed E-state index contributed by atoms with van der Waals surface area (Å²) in [5.41, 5.74) is 2.13. The van der Waals surface area contributed by atoms with E-state index in [1.807, 2.05) is 18.2 Å². The molecule has 96 valence electrons. The molecule has 1 heterocycles. The number of carbonyl (C=O) groups is 1. The molecule has 1 saturated heterocycles. The molecule has 1 N–H and O–H groups in total. The predicted molar refractivity (Wildman–Crippen MR) is 73.7 cm³/mol. The van der Waals surface area contributed by atoms with Gasteiger partial charge in [0.15, 0.2) is 0 Å². The van der Waals surface area contributed by atoms with Crippen molar-refractivity contribution in [1.82, 2.24) is 0 Å². The first-order valence-electron chi connectivity index (χ1n) is 6.45. The summed E-state index contributed by atoms with van der Waals surface area (Å²) in [7, 11) is 0. The second-order valence-corrected chi connectivity index (χ2v) is 4.83. The van der Waals surface area contributed by atoms with Gasteiger partial charge in [0, 0.05) is 24.9 Å². The SMILES string of the molecule is CCCC1CN(c2cccc(/C=C/C(=O)O)c2)C1. The lowest BCUT2D eigenvalue weighted by Crippen LogP contribution is -2.46. The van der Waals surface area contributed by atoms with Gasteiger partial charge in [0.2, 0.25) is 0 Å². The van der Waals surface area contributed by atoms with Gasteiger partial charge < -0.3 is 10.0 Å². The maximum Gasteiger partial charge on any atom is 0.328 e. The van der Waals surface area contributed by atoms with Crippen molar-refractivity contribution in [3.05, 3.63) is 35.9 Å². The molecule has 0 saturated carbocycles. The highest BCUT2D eigenvalue weighted by Gasteiger charge is 2.25. The molecule has 2 rings (SSSR count). The molecule has 0 atom stereocenters. The zero-order chi connectivity index (χ0) is 13.0. The summed E-state index contributed by atoms with van der Waals surface area (Å²) in [6.45, 7) is 4.47. The van der Waals surface area contributed by atoms with Crippen LogP contribution in [0.25, 0.3) is 6.08 Å². The molecule has 18 heavy (non-hydrogen) atoms. The van der Waals surface area contributed by atoms with E-state index in [0.717, 1.165) is 24.6 Å². The fourth-order valence-electron chi connectivity index (χ4n) is 2.36. The number of carboxylic acid groups (broad SMARTS) is 1. The van der Waals surface area contributed by atoms with Gasteiger partial charge in [-0.2, -0.15) is 0 Å². The largest absolute Gasteiger partial charge is 0.478 e. The van der Waals surface area contributed by atoms with Crippen molar-refractivity contribution in [2.24, 2.45) is 5.92 Å². The average molecular weight is 245 g/mol. The van der Waals surface area contributed by atoms with Crippen LogP contribution in [0, 0.1) is 5.92 Å². The van der Waals surface area contributed by atoms with Crippen LogP contribution in [-0.4, -0.2) is 24.2 Å². The van der Waals surface area contributed by atoms with Crippen LogP contribution >= 0.6 is 0 Å². The maximum absolute atomic E-state index is 10.5. The highest BCUT2D eigenvalue weighted by molar-refractivity contribution is 5.85. The normalized spacial score (nSPS) is 15.9. The number of nitrogens with zero attached hydrogens (tertiary/aromatic N) is 1. The zero-order valence-corrected chi connectivity index (χ0v) is 10.7. The van der Waals surface area contributed by atoms with E-state index in [2.05, 4.69) is 17.9 Å². The van der Waals surface area contributed by atoms with Gasteiger partial charge in [-0.25, -0.2) is 4.79 Å². The fourth-order valence-corrected chi connectivity index (χ4v) is 2.36. The number of hydrogen-bond acceptors (Lipinski definition) is 2. The van der Waals surface area contributed by atoms with Crippen molar-refractivity contribution in [1.29, 1.82) is 0 Å². The molecule has 0 bridgehead atoms. The van der Waals surface area contributed by atoms with Gasteiger partial charge in [-0.05, 0) is 36.1 Å². The Kier molecular flexibility index (Phi) is 4.03. The van der Waals surface area contributed by atoms with Crippen LogP contribution < -0.4 is 4.90 Å². The molecule has 0 unspecified atom stereocenters. The van der Waals surface area contributed by atoms with Crippen LogP contribution in [-0.2, 0) is 4.79 Å². The Morgan fingerprint density at radius 2 is 2.28 bits per heavy atom. The average Bonchev–Trinajstić information content (AvgIpc) is 2.31. The van der Waals surface area contributed by atoms with E-state index >= 15 is 0 Å². The van der Waals surface area contributed by atoms with Gasteiger partial charge in [-0.3, -0.25) is 0 Å². The quantitative estimate of drug-likeness (QED) is 0.811. The van der Waals surface area contributed by atoms with Crippen molar-refractivity contribution < 1.29 is 9.90 Å². The first-order chi connectivity index (χ1) is 8.69. The molecule has 0 radical (unpaired) electrons. The van der Waals surface area contributed by atoms with Gasteiger partial charge in [0.05, 0.1) is 0 Å². The van der Waals surface area contributed by atoms with E-state index in [4.69, 9.17) is 5.11 Å². The molecule has 0 aromatic heterocycles. The third kappa shape index (κ3) is 3.13. The fraction of sp³-hybridized carbons (Fsp3) is 0.400. The second kappa shape index (κ2) is 5.71. The minimum Gasteiger partial charge on any atom is -0.478 e. The van der Waals surface area contributed by atoms with Crippen LogP contribution in [0.15, 0.2) is 30.3 Å². The number of aliphatic carboxylic acids is 1. The molecule has 3 nitrogen and oxygen atoms in total. The highest BCUT2D eigenvalue weighted by atomic mass is 16.4. The third-order valence-electron chi connectivity index (χ3n) is 3.31. The van der Waals surface area contributed by atoms with E-state index in [-0.39, 0.29) is 0 Å². The minimum atomic E-state index is -0.910. The molecular formula is C15H19NO2. The third-order valence-corrected chi connectivity index (χ3v) is 3.31. The van der Waals surface area contributed by atoms with E-state index in [9.17, 15) is 4.79 Å². The molecule has 1 aromatic rings. The topological polar surface area (TPSA) is 40.5 Å².